The van der Waals surface area contributed by atoms with Crippen LogP contribution in [-0.2, 0) is 20.3 Å². The first-order chi connectivity index (χ1) is 13.0. The first-order valence-electron chi connectivity index (χ1n) is 7.90. The lowest BCUT2D eigenvalue weighted by molar-refractivity contribution is -0.119. The molecular weight excluding hydrogens is 374 g/mol. The van der Waals surface area contributed by atoms with Gasteiger partial charge in [-0.15, -0.1) is 0 Å². The van der Waals surface area contributed by atoms with E-state index in [9.17, 15) is 13.8 Å². The topological polar surface area (TPSA) is 117 Å². The Morgan fingerprint density at radius 3 is 2.33 bits per heavy atom. The number of carbonyl (C=O) groups excluding carboxylic acids is 2. The quantitative estimate of drug-likeness (QED) is 0.669. The molecule has 1 aromatic carbocycles. The number of amides is 1. The summed E-state index contributed by atoms with van der Waals surface area (Å²) in [6.07, 6.45) is 0. The second-order valence-electron chi connectivity index (χ2n) is 5.03. The van der Waals surface area contributed by atoms with Crippen LogP contribution in [0.1, 0.15) is 17.3 Å². The summed E-state index contributed by atoms with van der Waals surface area (Å²) in [5.41, 5.74) is 0.157. The lowest BCUT2D eigenvalue weighted by atomic mass is 10.2. The molecular formula is C17H19N3O6S. The van der Waals surface area contributed by atoms with E-state index in [1.165, 1.54) is 26.4 Å². The third-order valence-electron chi connectivity index (χ3n) is 3.30. The fourth-order valence-electron chi connectivity index (χ4n) is 2.03. The molecule has 144 valence electrons. The molecule has 10 heteroatoms. The molecule has 0 radical (unpaired) electrons. The van der Waals surface area contributed by atoms with Crippen LogP contribution in [0.15, 0.2) is 35.2 Å². The van der Waals surface area contributed by atoms with E-state index in [4.69, 9.17) is 14.2 Å². The van der Waals surface area contributed by atoms with Crippen molar-refractivity contribution in [1.29, 1.82) is 0 Å². The van der Waals surface area contributed by atoms with E-state index >= 15 is 0 Å². The Labute approximate surface area is 158 Å². The second-order valence-corrected chi connectivity index (χ2v) is 6.74. The molecule has 0 fully saturated rings. The van der Waals surface area contributed by atoms with Crippen molar-refractivity contribution in [3.8, 4) is 11.8 Å². The number of esters is 1. The monoisotopic (exact) mass is 393 g/mol. The molecule has 1 aromatic heterocycles. The van der Waals surface area contributed by atoms with Crippen LogP contribution in [0.2, 0.25) is 0 Å². The van der Waals surface area contributed by atoms with Gasteiger partial charge in [-0.1, -0.05) is 19.1 Å². The van der Waals surface area contributed by atoms with Gasteiger partial charge >= 0.3 is 5.97 Å². The summed E-state index contributed by atoms with van der Waals surface area (Å²) in [7, 11) is 1.49. The molecule has 0 aliphatic heterocycles. The fraction of sp³-hybridized carbons (Fsp3) is 0.294. The molecule has 0 unspecified atom stereocenters. The number of ether oxygens (including phenoxy) is 3. The minimum absolute atomic E-state index is 0.0558. The van der Waals surface area contributed by atoms with E-state index in [0.29, 0.717) is 10.6 Å². The molecule has 0 bridgehead atoms. The van der Waals surface area contributed by atoms with Gasteiger partial charge in [0.25, 0.3) is 5.91 Å². The van der Waals surface area contributed by atoms with Crippen LogP contribution in [0.3, 0.4) is 0 Å². The highest BCUT2D eigenvalue weighted by Crippen LogP contribution is 2.17. The molecule has 1 atom stereocenters. The van der Waals surface area contributed by atoms with Gasteiger partial charge in [0, 0.05) is 5.75 Å². The Bertz CT molecular complexity index is 836. The van der Waals surface area contributed by atoms with Crippen molar-refractivity contribution in [3.05, 3.63) is 35.9 Å². The smallest absolute Gasteiger partial charge is 0.339 e. The van der Waals surface area contributed by atoms with Gasteiger partial charge in [0.15, 0.2) is 6.61 Å². The van der Waals surface area contributed by atoms with Crippen LogP contribution < -0.4 is 14.8 Å². The van der Waals surface area contributed by atoms with Crippen molar-refractivity contribution in [2.24, 2.45) is 0 Å². The van der Waals surface area contributed by atoms with Gasteiger partial charge in [0.1, 0.15) is 0 Å². The summed E-state index contributed by atoms with van der Waals surface area (Å²) in [6.45, 7) is 1.18. The maximum absolute atomic E-state index is 12.2. The molecule has 0 saturated heterocycles. The lowest BCUT2D eigenvalue weighted by Crippen LogP contribution is -2.22. The normalized spacial score (nSPS) is 11.4. The molecule has 1 heterocycles. The lowest BCUT2D eigenvalue weighted by Gasteiger charge is -2.09. The number of carbonyl (C=O) groups is 2. The Morgan fingerprint density at radius 1 is 1.11 bits per heavy atom. The Hall–Kier alpha value is -3.01. The molecule has 0 aliphatic carbocycles. The summed E-state index contributed by atoms with van der Waals surface area (Å²) in [5, 5.41) is 2.39. The highest BCUT2D eigenvalue weighted by Gasteiger charge is 2.17. The van der Waals surface area contributed by atoms with Crippen LogP contribution in [-0.4, -0.2) is 52.6 Å². The molecule has 27 heavy (non-hydrogen) atoms. The number of anilines is 1. The van der Waals surface area contributed by atoms with Gasteiger partial charge < -0.3 is 14.2 Å². The van der Waals surface area contributed by atoms with E-state index in [1.54, 1.807) is 25.1 Å². The fourth-order valence-corrected chi connectivity index (χ4v) is 2.97. The highest BCUT2D eigenvalue weighted by atomic mass is 32.2. The van der Waals surface area contributed by atoms with E-state index in [1.807, 2.05) is 0 Å². The Balaban J connectivity index is 2.02. The Kier molecular flexibility index (Phi) is 7.24. The highest BCUT2D eigenvalue weighted by molar-refractivity contribution is 7.85. The summed E-state index contributed by atoms with van der Waals surface area (Å²) in [4.78, 5) is 32.5. The first kappa shape index (κ1) is 20.3. The molecule has 1 N–H and O–H groups in total. The zero-order valence-corrected chi connectivity index (χ0v) is 15.9. The van der Waals surface area contributed by atoms with Crippen LogP contribution in [0.25, 0.3) is 0 Å². The minimum atomic E-state index is -1.32. The number of hydrogen-bond donors (Lipinski definition) is 1. The molecule has 0 aliphatic rings. The van der Waals surface area contributed by atoms with Crippen molar-refractivity contribution < 1.29 is 28.0 Å². The standard InChI is InChI=1S/C17H19N3O6S/c1-4-27(23)12-8-6-5-7-11(12)16(22)26-10-13(21)18-17-19-14(24-2)9-15(20-17)25-3/h5-9H,4,10H2,1-3H3,(H,18,19,20,21)/t27-/m0/s1. The molecule has 1 amide bonds. The third kappa shape index (κ3) is 5.48. The number of rotatable bonds is 8. The van der Waals surface area contributed by atoms with Gasteiger partial charge in [-0.05, 0) is 12.1 Å². The van der Waals surface area contributed by atoms with Crippen LogP contribution >= 0.6 is 0 Å². The van der Waals surface area contributed by atoms with Crippen LogP contribution in [0.4, 0.5) is 5.95 Å². The molecule has 2 aromatic rings. The zero-order chi connectivity index (χ0) is 19.8. The summed E-state index contributed by atoms with van der Waals surface area (Å²) in [5.74, 6) is -0.686. The molecule has 9 nitrogen and oxygen atoms in total. The third-order valence-corrected chi connectivity index (χ3v) is 4.67. The SMILES string of the molecule is CC[S@](=O)c1ccccc1C(=O)OCC(=O)Nc1nc(OC)cc(OC)n1. The van der Waals surface area contributed by atoms with E-state index in [0.717, 1.165) is 0 Å². The molecule has 0 saturated carbocycles. The van der Waals surface area contributed by atoms with Crippen molar-refractivity contribution in [2.45, 2.75) is 11.8 Å². The van der Waals surface area contributed by atoms with Gasteiger partial charge in [-0.2, -0.15) is 9.97 Å². The number of methoxy groups -OCH3 is 2. The van der Waals surface area contributed by atoms with Crippen molar-refractivity contribution >= 4 is 28.6 Å². The molecule has 0 spiro atoms. The van der Waals surface area contributed by atoms with E-state index < -0.39 is 29.3 Å². The average molecular weight is 393 g/mol. The van der Waals surface area contributed by atoms with Gasteiger partial charge in [0.05, 0.1) is 41.5 Å². The van der Waals surface area contributed by atoms with E-state index in [-0.39, 0.29) is 23.3 Å². The maximum atomic E-state index is 12.2. The largest absolute Gasteiger partial charge is 0.481 e. The first-order valence-corrected chi connectivity index (χ1v) is 9.21. The van der Waals surface area contributed by atoms with Gasteiger partial charge in [0.2, 0.25) is 17.7 Å². The van der Waals surface area contributed by atoms with E-state index in [2.05, 4.69) is 15.3 Å². The predicted octanol–water partition coefficient (Wildman–Crippen LogP) is 1.42. The average Bonchev–Trinajstić information content (AvgIpc) is 2.70. The van der Waals surface area contributed by atoms with Crippen molar-refractivity contribution in [3.63, 3.8) is 0 Å². The summed E-state index contributed by atoms with van der Waals surface area (Å²) < 4.78 is 27.0. The number of benzene rings is 1. The number of aromatic nitrogens is 2. The van der Waals surface area contributed by atoms with Crippen LogP contribution in [0.5, 0.6) is 11.8 Å². The Morgan fingerprint density at radius 2 is 1.74 bits per heavy atom. The second kappa shape index (κ2) is 9.62. The number of hydrogen-bond acceptors (Lipinski definition) is 8. The van der Waals surface area contributed by atoms with Gasteiger partial charge in [-0.3, -0.25) is 14.3 Å². The van der Waals surface area contributed by atoms with Crippen LogP contribution in [0, 0.1) is 0 Å². The van der Waals surface area contributed by atoms with Crippen molar-refractivity contribution in [2.75, 3.05) is 31.9 Å². The molecule has 2 rings (SSSR count). The summed E-state index contributed by atoms with van der Waals surface area (Å²) in [6, 6.07) is 7.84. The minimum Gasteiger partial charge on any atom is -0.481 e. The summed E-state index contributed by atoms with van der Waals surface area (Å²) >= 11 is 0. The van der Waals surface area contributed by atoms with Gasteiger partial charge in [-0.25, -0.2) is 4.79 Å². The predicted molar refractivity (Wildman–Crippen MR) is 97.4 cm³/mol. The number of nitrogens with zero attached hydrogens (tertiary/aromatic N) is 2. The maximum Gasteiger partial charge on any atom is 0.339 e. The zero-order valence-electron chi connectivity index (χ0n) is 15.1. The number of nitrogens with one attached hydrogen (secondary N) is 1. The van der Waals surface area contributed by atoms with Crippen molar-refractivity contribution in [1.82, 2.24) is 9.97 Å².